The first kappa shape index (κ1) is 7.48. The fourth-order valence-electron chi connectivity index (χ4n) is 0.354. The molecule has 0 radical (unpaired) electrons. The second-order valence-electron chi connectivity index (χ2n) is 1.45. The SMILES string of the molecule is C#CCC(CO)OC. The largest absolute Gasteiger partial charge is 0.394 e. The molecule has 0 amide bonds. The maximum absolute atomic E-state index is 8.44. The van der Waals surface area contributed by atoms with Crippen LogP contribution >= 0.6 is 0 Å². The molecule has 0 rings (SSSR count). The summed E-state index contributed by atoms with van der Waals surface area (Å²) in [6, 6.07) is 0. The first-order chi connectivity index (χ1) is 3.85. The number of aliphatic hydroxyl groups excluding tert-OH is 1. The van der Waals surface area contributed by atoms with Gasteiger partial charge in [0, 0.05) is 13.5 Å². The molecule has 0 bridgehead atoms. The van der Waals surface area contributed by atoms with E-state index in [0.29, 0.717) is 6.42 Å². The first-order valence-corrected chi connectivity index (χ1v) is 2.42. The Labute approximate surface area is 49.5 Å². The molecule has 0 saturated heterocycles. The summed E-state index contributed by atoms with van der Waals surface area (Å²) < 4.78 is 4.75. The zero-order chi connectivity index (χ0) is 6.41. The van der Waals surface area contributed by atoms with Crippen LogP contribution in [-0.4, -0.2) is 24.9 Å². The Hall–Kier alpha value is -0.520. The summed E-state index contributed by atoms with van der Waals surface area (Å²) in [4.78, 5) is 0. The van der Waals surface area contributed by atoms with E-state index in [9.17, 15) is 0 Å². The summed E-state index contributed by atoms with van der Waals surface area (Å²) in [5.74, 6) is 2.38. The number of hydrogen-bond donors (Lipinski definition) is 1. The van der Waals surface area contributed by atoms with Crippen LogP contribution in [0.5, 0.6) is 0 Å². The van der Waals surface area contributed by atoms with Gasteiger partial charge in [-0.3, -0.25) is 0 Å². The molecule has 2 nitrogen and oxygen atoms in total. The van der Waals surface area contributed by atoms with Crippen molar-refractivity contribution in [2.75, 3.05) is 13.7 Å². The van der Waals surface area contributed by atoms with Gasteiger partial charge in [-0.25, -0.2) is 0 Å². The van der Waals surface area contributed by atoms with E-state index >= 15 is 0 Å². The zero-order valence-electron chi connectivity index (χ0n) is 4.92. The minimum atomic E-state index is -0.181. The van der Waals surface area contributed by atoms with Crippen LogP contribution in [0.15, 0.2) is 0 Å². The van der Waals surface area contributed by atoms with Gasteiger partial charge in [0.25, 0.3) is 0 Å². The van der Waals surface area contributed by atoms with Crippen molar-refractivity contribution in [3.8, 4) is 12.3 Å². The average Bonchev–Trinajstić information content (AvgIpc) is 1.83. The maximum atomic E-state index is 8.44. The summed E-state index contributed by atoms with van der Waals surface area (Å²) in [5, 5.41) is 8.44. The van der Waals surface area contributed by atoms with E-state index in [1.807, 2.05) is 0 Å². The summed E-state index contributed by atoms with van der Waals surface area (Å²) in [7, 11) is 1.53. The second-order valence-corrected chi connectivity index (χ2v) is 1.45. The molecule has 0 spiro atoms. The number of methoxy groups -OCH3 is 1. The van der Waals surface area contributed by atoms with Crippen LogP contribution in [0.1, 0.15) is 6.42 Å². The molecule has 0 aromatic heterocycles. The van der Waals surface area contributed by atoms with Crippen LogP contribution in [0.4, 0.5) is 0 Å². The van der Waals surface area contributed by atoms with Crippen LogP contribution < -0.4 is 0 Å². The van der Waals surface area contributed by atoms with E-state index in [1.165, 1.54) is 7.11 Å². The van der Waals surface area contributed by atoms with E-state index < -0.39 is 0 Å². The quantitative estimate of drug-likeness (QED) is 0.524. The Morgan fingerprint density at radius 3 is 2.62 bits per heavy atom. The summed E-state index contributed by atoms with van der Waals surface area (Å²) in [6.07, 6.45) is 5.24. The highest BCUT2D eigenvalue weighted by Gasteiger charge is 1.99. The summed E-state index contributed by atoms with van der Waals surface area (Å²) in [5.41, 5.74) is 0. The van der Waals surface area contributed by atoms with Crippen molar-refractivity contribution in [1.29, 1.82) is 0 Å². The summed E-state index contributed by atoms with van der Waals surface area (Å²) in [6.45, 7) is 0.000694. The Bertz CT molecular complexity index is 79.0. The molecule has 46 valence electrons. The third-order valence-electron chi connectivity index (χ3n) is 0.882. The molecule has 1 unspecified atom stereocenters. The topological polar surface area (TPSA) is 29.5 Å². The van der Waals surface area contributed by atoms with Crippen LogP contribution in [0.25, 0.3) is 0 Å². The van der Waals surface area contributed by atoms with Crippen LogP contribution in [0, 0.1) is 12.3 Å². The Morgan fingerprint density at radius 1 is 1.88 bits per heavy atom. The van der Waals surface area contributed by atoms with Crippen LogP contribution in [0.3, 0.4) is 0 Å². The lowest BCUT2D eigenvalue weighted by Gasteiger charge is -2.05. The monoisotopic (exact) mass is 114 g/mol. The molecule has 0 aliphatic heterocycles. The van der Waals surface area contributed by atoms with Gasteiger partial charge in [0.15, 0.2) is 0 Å². The minimum absolute atomic E-state index is 0.000694. The van der Waals surface area contributed by atoms with Gasteiger partial charge in [-0.05, 0) is 0 Å². The molecular weight excluding hydrogens is 104 g/mol. The van der Waals surface area contributed by atoms with E-state index in [-0.39, 0.29) is 12.7 Å². The molecule has 0 saturated carbocycles. The molecule has 0 aromatic carbocycles. The van der Waals surface area contributed by atoms with Gasteiger partial charge in [0.1, 0.15) is 0 Å². The lowest BCUT2D eigenvalue weighted by atomic mass is 10.3. The van der Waals surface area contributed by atoms with E-state index in [1.54, 1.807) is 0 Å². The van der Waals surface area contributed by atoms with Crippen LogP contribution in [-0.2, 0) is 4.74 Å². The molecular formula is C6H10O2. The van der Waals surface area contributed by atoms with Crippen LogP contribution in [0.2, 0.25) is 0 Å². The molecule has 0 aliphatic rings. The van der Waals surface area contributed by atoms with Crippen molar-refractivity contribution in [2.24, 2.45) is 0 Å². The highest BCUT2D eigenvalue weighted by Crippen LogP contribution is 1.91. The Balaban J connectivity index is 3.25. The van der Waals surface area contributed by atoms with Gasteiger partial charge in [-0.1, -0.05) is 0 Å². The fraction of sp³-hybridized carbons (Fsp3) is 0.667. The van der Waals surface area contributed by atoms with Gasteiger partial charge in [0.2, 0.25) is 0 Å². The molecule has 2 heteroatoms. The number of rotatable bonds is 3. The van der Waals surface area contributed by atoms with Crippen molar-refractivity contribution >= 4 is 0 Å². The van der Waals surface area contributed by atoms with Crippen molar-refractivity contribution < 1.29 is 9.84 Å². The van der Waals surface area contributed by atoms with Gasteiger partial charge in [-0.15, -0.1) is 12.3 Å². The van der Waals surface area contributed by atoms with E-state index in [2.05, 4.69) is 5.92 Å². The number of aliphatic hydroxyl groups is 1. The molecule has 0 heterocycles. The molecule has 1 atom stereocenters. The normalized spacial score (nSPS) is 12.6. The first-order valence-electron chi connectivity index (χ1n) is 2.42. The van der Waals surface area contributed by atoms with Gasteiger partial charge in [0.05, 0.1) is 12.7 Å². The standard InChI is InChI=1S/C6H10O2/c1-3-4-6(5-7)8-2/h1,6-7H,4-5H2,2H3. The van der Waals surface area contributed by atoms with E-state index in [0.717, 1.165) is 0 Å². The average molecular weight is 114 g/mol. The predicted molar refractivity (Wildman–Crippen MR) is 31.3 cm³/mol. The summed E-state index contributed by atoms with van der Waals surface area (Å²) >= 11 is 0. The number of hydrogen-bond acceptors (Lipinski definition) is 2. The van der Waals surface area contributed by atoms with Gasteiger partial charge in [-0.2, -0.15) is 0 Å². The Kier molecular flexibility index (Phi) is 4.33. The second kappa shape index (κ2) is 4.63. The maximum Gasteiger partial charge on any atom is 0.0910 e. The highest BCUT2D eigenvalue weighted by atomic mass is 16.5. The zero-order valence-corrected chi connectivity index (χ0v) is 4.92. The molecule has 1 N–H and O–H groups in total. The third kappa shape index (κ3) is 2.62. The minimum Gasteiger partial charge on any atom is -0.394 e. The lowest BCUT2D eigenvalue weighted by Crippen LogP contribution is -2.13. The van der Waals surface area contributed by atoms with Crippen molar-refractivity contribution in [2.45, 2.75) is 12.5 Å². The van der Waals surface area contributed by atoms with Gasteiger partial charge < -0.3 is 9.84 Å². The van der Waals surface area contributed by atoms with Gasteiger partial charge >= 0.3 is 0 Å². The fourth-order valence-corrected chi connectivity index (χ4v) is 0.354. The molecule has 0 aromatic rings. The van der Waals surface area contributed by atoms with Crippen molar-refractivity contribution in [3.05, 3.63) is 0 Å². The molecule has 0 fully saturated rings. The number of terminal acetylenes is 1. The van der Waals surface area contributed by atoms with Crippen molar-refractivity contribution in [1.82, 2.24) is 0 Å². The molecule has 8 heavy (non-hydrogen) atoms. The van der Waals surface area contributed by atoms with E-state index in [4.69, 9.17) is 16.3 Å². The third-order valence-corrected chi connectivity index (χ3v) is 0.882. The molecule has 0 aliphatic carbocycles. The lowest BCUT2D eigenvalue weighted by molar-refractivity contribution is 0.0528. The smallest absolute Gasteiger partial charge is 0.0910 e. The highest BCUT2D eigenvalue weighted by molar-refractivity contribution is 4.86. The number of ether oxygens (including phenoxy) is 1. The Morgan fingerprint density at radius 2 is 2.50 bits per heavy atom. The predicted octanol–water partition coefficient (Wildman–Crippen LogP) is 0.0170. The van der Waals surface area contributed by atoms with Crippen molar-refractivity contribution in [3.63, 3.8) is 0 Å².